The summed E-state index contributed by atoms with van der Waals surface area (Å²) in [5.41, 5.74) is -0.102. The Morgan fingerprint density at radius 2 is 1.78 bits per heavy atom. The number of fused-ring (bicyclic) bond motifs is 1. The lowest BCUT2D eigenvalue weighted by atomic mass is 9.92. The van der Waals surface area contributed by atoms with Crippen LogP contribution in [0.3, 0.4) is 0 Å². The van der Waals surface area contributed by atoms with E-state index in [4.69, 9.17) is 27.9 Å². The normalized spacial score (nSPS) is 17.2. The Morgan fingerprint density at radius 3 is 2.41 bits per heavy atom. The van der Waals surface area contributed by atoms with Crippen LogP contribution in [0.1, 0.15) is 32.3 Å². The van der Waals surface area contributed by atoms with Gasteiger partial charge in [0.15, 0.2) is 14.9 Å². The maximum absolute atomic E-state index is 14.0. The van der Waals surface area contributed by atoms with Crippen LogP contribution in [0.2, 0.25) is 10.0 Å². The predicted octanol–water partition coefficient (Wildman–Crippen LogP) is 5.71. The Hall–Kier alpha value is -2.40. The summed E-state index contributed by atoms with van der Waals surface area (Å²) in [5, 5.41) is 0.557. The minimum atomic E-state index is -3.89. The number of esters is 1. The van der Waals surface area contributed by atoms with Gasteiger partial charge in [0, 0.05) is 27.4 Å². The average Bonchev–Trinajstić information content (AvgIpc) is 3.36. The number of carbonyl (C=O) groups excluding carboxylic acids is 2. The largest absolute Gasteiger partial charge is 0.466 e. The van der Waals surface area contributed by atoms with E-state index in [1.807, 2.05) is 24.3 Å². The second-order valence-corrected chi connectivity index (χ2v) is 12.7. The van der Waals surface area contributed by atoms with Gasteiger partial charge in [0.25, 0.3) is 5.91 Å². The summed E-state index contributed by atoms with van der Waals surface area (Å²) >= 11 is 15.8. The minimum absolute atomic E-state index is 0.0187. The van der Waals surface area contributed by atoms with E-state index in [2.05, 4.69) is 20.9 Å². The Kier molecular flexibility index (Phi) is 8.04. The number of ether oxygens (including phenoxy) is 1. The molecule has 0 saturated heterocycles. The maximum atomic E-state index is 14.0. The van der Waals surface area contributed by atoms with Gasteiger partial charge in [-0.25, -0.2) is 18.3 Å². The third-order valence-electron chi connectivity index (χ3n) is 6.06. The number of anilines is 2. The summed E-state index contributed by atoms with van der Waals surface area (Å²) in [6.07, 6.45) is 1.79. The molecule has 0 aliphatic carbocycles. The molecule has 0 unspecified atom stereocenters. The summed E-state index contributed by atoms with van der Waals surface area (Å²) in [6, 6.07) is 12.1. The Balaban J connectivity index is 1.78. The van der Waals surface area contributed by atoms with Crippen LogP contribution < -0.4 is 4.90 Å². The van der Waals surface area contributed by atoms with Crippen LogP contribution in [-0.2, 0) is 36.1 Å². The topological polar surface area (TPSA) is 98.6 Å². The van der Waals surface area contributed by atoms with E-state index in [1.165, 1.54) is 15.7 Å². The number of imidazole rings is 1. The van der Waals surface area contributed by atoms with Crippen molar-refractivity contribution in [2.45, 2.75) is 43.7 Å². The molecular weight excluding hydrogens is 605 g/mol. The fourth-order valence-electron chi connectivity index (χ4n) is 4.29. The molecule has 1 aromatic heterocycles. The summed E-state index contributed by atoms with van der Waals surface area (Å²) < 4.78 is 34.2. The number of carbonyl (C=O) groups is 2. The highest BCUT2D eigenvalue weighted by molar-refractivity contribution is 9.10. The van der Waals surface area contributed by atoms with Crippen molar-refractivity contribution in [3.63, 3.8) is 0 Å². The number of sulfone groups is 1. The van der Waals surface area contributed by atoms with Crippen LogP contribution in [0.4, 0.5) is 11.6 Å². The van der Waals surface area contributed by atoms with Crippen LogP contribution in [0.5, 0.6) is 0 Å². The van der Waals surface area contributed by atoms with E-state index in [1.54, 1.807) is 32.0 Å². The third kappa shape index (κ3) is 5.57. The highest BCUT2D eigenvalue weighted by Gasteiger charge is 2.51. The van der Waals surface area contributed by atoms with Crippen LogP contribution in [0.25, 0.3) is 0 Å². The van der Waals surface area contributed by atoms with Crippen molar-refractivity contribution in [2.75, 3.05) is 17.3 Å². The summed E-state index contributed by atoms with van der Waals surface area (Å²) in [7, 11) is -3.89. The number of hydrogen-bond acceptors (Lipinski definition) is 6. The van der Waals surface area contributed by atoms with Gasteiger partial charge >= 0.3 is 5.97 Å². The molecule has 4 rings (SSSR count). The zero-order chi connectivity index (χ0) is 27.0. The Morgan fingerprint density at radius 1 is 1.14 bits per heavy atom. The van der Waals surface area contributed by atoms with Gasteiger partial charge in [0.05, 0.1) is 24.2 Å². The van der Waals surface area contributed by atoms with Gasteiger partial charge in [-0.2, -0.15) is 0 Å². The molecule has 0 saturated carbocycles. The lowest BCUT2D eigenvalue weighted by Gasteiger charge is -2.26. The van der Waals surface area contributed by atoms with Gasteiger partial charge < -0.3 is 4.74 Å². The second kappa shape index (κ2) is 10.8. The van der Waals surface area contributed by atoms with Crippen molar-refractivity contribution >= 4 is 72.5 Å². The van der Waals surface area contributed by atoms with Crippen LogP contribution in [-0.4, -0.2) is 42.2 Å². The maximum Gasteiger partial charge on any atom is 0.305 e. The Bertz CT molecular complexity index is 1440. The molecule has 1 aliphatic heterocycles. The second-order valence-electron chi connectivity index (χ2n) is 8.82. The summed E-state index contributed by atoms with van der Waals surface area (Å²) in [6.45, 7) is 3.34. The molecule has 2 aromatic carbocycles. The molecule has 1 aliphatic rings. The zero-order valence-corrected chi connectivity index (χ0v) is 24.0. The van der Waals surface area contributed by atoms with Gasteiger partial charge in [0.1, 0.15) is 5.54 Å². The third-order valence-corrected chi connectivity index (χ3v) is 8.78. The van der Waals surface area contributed by atoms with Crippen molar-refractivity contribution < 1.29 is 22.7 Å². The molecule has 0 N–H and O–H groups in total. The molecule has 0 radical (unpaired) electrons. The van der Waals surface area contributed by atoms with Gasteiger partial charge in [-0.15, -0.1) is 0 Å². The number of aromatic nitrogens is 2. The van der Waals surface area contributed by atoms with Gasteiger partial charge in [-0.1, -0.05) is 58.2 Å². The van der Waals surface area contributed by atoms with Crippen LogP contribution in [0.15, 0.2) is 58.2 Å². The van der Waals surface area contributed by atoms with E-state index in [-0.39, 0.29) is 48.5 Å². The predicted molar refractivity (Wildman–Crippen MR) is 145 cm³/mol. The fourth-order valence-corrected chi connectivity index (χ4v) is 6.55. The highest BCUT2D eigenvalue weighted by atomic mass is 79.9. The standard InChI is InChI=1S/C25H24BrCl2N3O5S/c1-3-22(32)36-9-4-10-37(34,35)21-15-29-24-30(20-12-18(27)11-19(28)13-20)23(33)25(2,31(21)24)14-16-5-7-17(26)8-6-16/h5-8,11-13,15H,3-4,9-10,14H2,1-2H3/t25-/m1/s1. The molecule has 3 aromatic rings. The molecule has 0 bridgehead atoms. The minimum Gasteiger partial charge on any atom is -0.466 e. The quantitative estimate of drug-likeness (QED) is 0.222. The van der Waals surface area contributed by atoms with Crippen molar-refractivity contribution in [1.82, 2.24) is 9.55 Å². The number of nitrogens with zero attached hydrogens (tertiary/aromatic N) is 3. The van der Waals surface area contributed by atoms with Crippen molar-refractivity contribution in [2.24, 2.45) is 0 Å². The van der Waals surface area contributed by atoms with E-state index in [0.717, 1.165) is 10.0 Å². The highest BCUT2D eigenvalue weighted by Crippen LogP contribution is 2.44. The van der Waals surface area contributed by atoms with Crippen molar-refractivity contribution in [1.29, 1.82) is 0 Å². The first kappa shape index (κ1) is 27.6. The van der Waals surface area contributed by atoms with Crippen LogP contribution in [0, 0.1) is 0 Å². The molecule has 37 heavy (non-hydrogen) atoms. The first-order valence-electron chi connectivity index (χ1n) is 11.5. The van der Waals surface area contributed by atoms with Gasteiger partial charge in [0.2, 0.25) is 5.95 Å². The van der Waals surface area contributed by atoms with E-state index in [9.17, 15) is 18.0 Å². The molecule has 2 heterocycles. The van der Waals surface area contributed by atoms with E-state index in [0.29, 0.717) is 15.7 Å². The first-order valence-corrected chi connectivity index (χ1v) is 14.7. The first-order chi connectivity index (χ1) is 17.5. The average molecular weight is 629 g/mol. The molecule has 12 heteroatoms. The number of amides is 1. The van der Waals surface area contributed by atoms with Crippen molar-refractivity contribution in [3.8, 4) is 0 Å². The molecule has 8 nitrogen and oxygen atoms in total. The number of rotatable bonds is 9. The van der Waals surface area contributed by atoms with Gasteiger partial charge in [-0.05, 0) is 49.2 Å². The van der Waals surface area contributed by atoms with Gasteiger partial charge in [-0.3, -0.25) is 14.2 Å². The molecule has 0 spiro atoms. The zero-order valence-electron chi connectivity index (χ0n) is 20.1. The van der Waals surface area contributed by atoms with E-state index >= 15 is 0 Å². The van der Waals surface area contributed by atoms with Crippen LogP contribution >= 0.6 is 39.1 Å². The summed E-state index contributed by atoms with van der Waals surface area (Å²) in [5.74, 6) is -0.893. The number of halogens is 3. The monoisotopic (exact) mass is 627 g/mol. The van der Waals surface area contributed by atoms with E-state index < -0.39 is 21.3 Å². The lowest BCUT2D eigenvalue weighted by molar-refractivity contribution is -0.143. The number of benzene rings is 2. The molecular formula is C25H24BrCl2N3O5S. The molecule has 0 fully saturated rings. The lowest BCUT2D eigenvalue weighted by Crippen LogP contribution is -2.42. The molecule has 1 atom stereocenters. The van der Waals surface area contributed by atoms with Crippen molar-refractivity contribution in [3.05, 3.63) is 68.7 Å². The smallest absolute Gasteiger partial charge is 0.305 e. The Labute approximate surface area is 233 Å². The molecule has 196 valence electrons. The fraction of sp³-hybridized carbons (Fsp3) is 0.320. The number of hydrogen-bond donors (Lipinski definition) is 0. The summed E-state index contributed by atoms with van der Waals surface area (Å²) in [4.78, 5) is 31.1. The SMILES string of the molecule is CCC(=O)OCCCS(=O)(=O)c1cnc2n1[C@](C)(Cc1ccc(Br)cc1)C(=O)N2c1cc(Cl)cc(Cl)c1. The molecule has 1 amide bonds.